The van der Waals surface area contributed by atoms with Crippen LogP contribution in [0.3, 0.4) is 0 Å². The van der Waals surface area contributed by atoms with E-state index in [2.05, 4.69) is 15.3 Å². The Morgan fingerprint density at radius 2 is 1.79 bits per heavy atom. The van der Waals surface area contributed by atoms with Crippen molar-refractivity contribution in [3.05, 3.63) is 59.8 Å². The molecule has 1 aromatic heterocycles. The van der Waals surface area contributed by atoms with Crippen LogP contribution in [0.1, 0.15) is 16.1 Å². The van der Waals surface area contributed by atoms with E-state index in [-0.39, 0.29) is 0 Å². The number of hydrogen-bond donors (Lipinski definition) is 1. The van der Waals surface area contributed by atoms with Crippen molar-refractivity contribution in [3.63, 3.8) is 0 Å². The number of aromatic nitrogens is 2. The number of methoxy groups -OCH3 is 2. The lowest BCUT2D eigenvalue weighted by Crippen LogP contribution is -2.09. The molecule has 0 unspecified atom stereocenters. The van der Waals surface area contributed by atoms with Gasteiger partial charge >= 0.3 is 5.97 Å². The maximum absolute atomic E-state index is 12.5. The normalized spacial score (nSPS) is 10.3. The lowest BCUT2D eigenvalue weighted by Gasteiger charge is -2.11. The summed E-state index contributed by atoms with van der Waals surface area (Å²) in [7, 11) is 3.05. The van der Waals surface area contributed by atoms with Gasteiger partial charge in [-0.2, -0.15) is 0 Å². The molecule has 1 N–H and O–H groups in total. The molecule has 150 valence electrons. The minimum Gasteiger partial charge on any atom is -0.493 e. The van der Waals surface area contributed by atoms with E-state index in [9.17, 15) is 4.79 Å². The minimum atomic E-state index is -0.495. The van der Waals surface area contributed by atoms with Crippen LogP contribution in [0.25, 0.3) is 0 Å². The van der Waals surface area contributed by atoms with E-state index in [0.717, 1.165) is 11.4 Å². The topological polar surface area (TPSA) is 82.6 Å². The zero-order valence-electron chi connectivity index (χ0n) is 16.6. The van der Waals surface area contributed by atoms with Crippen LogP contribution in [-0.4, -0.2) is 36.4 Å². The van der Waals surface area contributed by atoms with Gasteiger partial charge in [0.2, 0.25) is 0 Å². The highest BCUT2D eigenvalue weighted by molar-refractivity contribution is 7.98. The van der Waals surface area contributed by atoms with E-state index in [1.165, 1.54) is 26.0 Å². The van der Waals surface area contributed by atoms with Crippen LogP contribution in [0.4, 0.5) is 11.5 Å². The average Bonchev–Trinajstić information content (AvgIpc) is 2.72. The Morgan fingerprint density at radius 3 is 2.52 bits per heavy atom. The van der Waals surface area contributed by atoms with Crippen LogP contribution in [0, 0.1) is 6.92 Å². The fourth-order valence-corrected chi connectivity index (χ4v) is 3.04. The van der Waals surface area contributed by atoms with Crippen molar-refractivity contribution >= 4 is 29.2 Å². The molecule has 3 rings (SSSR count). The number of carbonyl (C=O) groups excluding carboxylic acids is 1. The third-order valence-corrected chi connectivity index (χ3v) is 4.50. The Labute approximate surface area is 173 Å². The highest BCUT2D eigenvalue weighted by atomic mass is 32.2. The summed E-state index contributed by atoms with van der Waals surface area (Å²) < 4.78 is 15.9. The first kappa shape index (κ1) is 20.5. The molecular formula is C21H21N3O4S. The number of carbonyl (C=O) groups is 1. The van der Waals surface area contributed by atoms with Gasteiger partial charge in [0.15, 0.2) is 16.7 Å². The molecule has 7 nitrogen and oxygen atoms in total. The summed E-state index contributed by atoms with van der Waals surface area (Å²) in [4.78, 5) is 21.3. The first-order chi connectivity index (χ1) is 14.0. The third kappa shape index (κ3) is 5.17. The smallest absolute Gasteiger partial charge is 0.343 e. The van der Waals surface area contributed by atoms with E-state index in [4.69, 9.17) is 14.2 Å². The largest absolute Gasteiger partial charge is 0.493 e. The molecule has 0 amide bonds. The van der Waals surface area contributed by atoms with Gasteiger partial charge in [0, 0.05) is 23.5 Å². The summed E-state index contributed by atoms with van der Waals surface area (Å²) in [5.74, 6) is 1.59. The minimum absolute atomic E-state index is 0.358. The second kappa shape index (κ2) is 9.29. The van der Waals surface area contributed by atoms with Gasteiger partial charge in [-0.3, -0.25) is 0 Å². The third-order valence-electron chi connectivity index (χ3n) is 3.95. The van der Waals surface area contributed by atoms with Crippen molar-refractivity contribution < 1.29 is 19.0 Å². The molecule has 0 saturated carbocycles. The predicted molar refractivity (Wildman–Crippen MR) is 113 cm³/mol. The van der Waals surface area contributed by atoms with Crippen LogP contribution in [0.2, 0.25) is 0 Å². The molecule has 0 aliphatic rings. The summed E-state index contributed by atoms with van der Waals surface area (Å²) in [6.45, 7) is 1.91. The lowest BCUT2D eigenvalue weighted by molar-refractivity contribution is 0.0734. The highest BCUT2D eigenvalue weighted by Gasteiger charge is 2.13. The lowest BCUT2D eigenvalue weighted by atomic mass is 10.2. The van der Waals surface area contributed by atoms with Crippen LogP contribution in [-0.2, 0) is 0 Å². The second-order valence-electron chi connectivity index (χ2n) is 5.99. The molecule has 0 bridgehead atoms. The van der Waals surface area contributed by atoms with Gasteiger partial charge in [-0.1, -0.05) is 17.8 Å². The number of nitrogens with one attached hydrogen (secondary N) is 1. The van der Waals surface area contributed by atoms with Gasteiger partial charge in [-0.15, -0.1) is 0 Å². The van der Waals surface area contributed by atoms with E-state index in [1.54, 1.807) is 36.4 Å². The number of aryl methyl sites for hydroxylation is 1. The summed E-state index contributed by atoms with van der Waals surface area (Å²) in [5.41, 5.74) is 1.97. The monoisotopic (exact) mass is 411 g/mol. The molecule has 1 heterocycles. The maximum atomic E-state index is 12.5. The van der Waals surface area contributed by atoms with E-state index in [0.29, 0.717) is 33.8 Å². The summed E-state index contributed by atoms with van der Waals surface area (Å²) in [6, 6.07) is 13.8. The van der Waals surface area contributed by atoms with Crippen molar-refractivity contribution in [1.29, 1.82) is 0 Å². The van der Waals surface area contributed by atoms with Crippen molar-refractivity contribution in [1.82, 2.24) is 9.97 Å². The zero-order chi connectivity index (χ0) is 20.8. The van der Waals surface area contributed by atoms with Gasteiger partial charge in [0.25, 0.3) is 0 Å². The number of nitrogens with zero attached hydrogens (tertiary/aromatic N) is 2. The predicted octanol–water partition coefficient (Wildman–Crippen LogP) is 4.49. The molecule has 2 aromatic carbocycles. The number of benzene rings is 2. The van der Waals surface area contributed by atoms with Gasteiger partial charge in [-0.25, -0.2) is 14.8 Å². The van der Waals surface area contributed by atoms with Crippen molar-refractivity contribution in [2.24, 2.45) is 0 Å². The SMILES string of the molecule is COc1ccc(C(=O)Oc2cccc(Nc3cc(C)nc(SC)n3)c2)cc1OC. The summed E-state index contributed by atoms with van der Waals surface area (Å²) in [5, 5.41) is 3.90. The number of esters is 1. The van der Waals surface area contributed by atoms with Gasteiger partial charge < -0.3 is 19.5 Å². The van der Waals surface area contributed by atoms with E-state index in [1.807, 2.05) is 25.3 Å². The van der Waals surface area contributed by atoms with E-state index < -0.39 is 5.97 Å². The number of anilines is 2. The first-order valence-corrected chi connectivity index (χ1v) is 9.96. The molecule has 3 aromatic rings. The number of ether oxygens (including phenoxy) is 3. The Bertz CT molecular complexity index is 1030. The molecule has 0 radical (unpaired) electrons. The molecule has 0 aliphatic heterocycles. The quantitative estimate of drug-likeness (QED) is 0.264. The Balaban J connectivity index is 1.76. The van der Waals surface area contributed by atoms with Crippen molar-refractivity contribution in [3.8, 4) is 17.2 Å². The van der Waals surface area contributed by atoms with Gasteiger partial charge in [-0.05, 0) is 43.5 Å². The Morgan fingerprint density at radius 1 is 1.00 bits per heavy atom. The molecule has 0 aliphatic carbocycles. The Hall–Kier alpha value is -3.26. The molecule has 8 heteroatoms. The molecule has 0 saturated heterocycles. The maximum Gasteiger partial charge on any atom is 0.343 e. The first-order valence-electron chi connectivity index (χ1n) is 8.73. The number of rotatable bonds is 7. The number of thioether (sulfide) groups is 1. The van der Waals surface area contributed by atoms with Gasteiger partial charge in [0.1, 0.15) is 11.6 Å². The molecular weight excluding hydrogens is 390 g/mol. The fourth-order valence-electron chi connectivity index (χ4n) is 2.61. The standard InChI is InChI=1S/C21H21N3O4S/c1-13-10-19(24-21(22-13)29-4)23-15-6-5-7-16(12-15)28-20(25)14-8-9-17(26-2)18(11-14)27-3/h5-12H,1-4H3,(H,22,23,24). The number of hydrogen-bond acceptors (Lipinski definition) is 8. The van der Waals surface area contributed by atoms with Crippen LogP contribution in [0.15, 0.2) is 53.7 Å². The fraction of sp³-hybridized carbons (Fsp3) is 0.190. The highest BCUT2D eigenvalue weighted by Crippen LogP contribution is 2.28. The molecule has 0 spiro atoms. The van der Waals surface area contributed by atoms with Gasteiger partial charge in [0.05, 0.1) is 19.8 Å². The molecule has 0 fully saturated rings. The molecule has 29 heavy (non-hydrogen) atoms. The Kier molecular flexibility index (Phi) is 6.56. The summed E-state index contributed by atoms with van der Waals surface area (Å²) >= 11 is 1.47. The second-order valence-corrected chi connectivity index (χ2v) is 6.77. The van der Waals surface area contributed by atoms with Crippen LogP contribution < -0.4 is 19.5 Å². The van der Waals surface area contributed by atoms with Crippen molar-refractivity contribution in [2.75, 3.05) is 25.8 Å². The van der Waals surface area contributed by atoms with Crippen LogP contribution in [0.5, 0.6) is 17.2 Å². The van der Waals surface area contributed by atoms with Crippen molar-refractivity contribution in [2.45, 2.75) is 12.1 Å². The molecule has 0 atom stereocenters. The van der Waals surface area contributed by atoms with Crippen LogP contribution >= 0.6 is 11.8 Å². The van der Waals surface area contributed by atoms with E-state index >= 15 is 0 Å². The average molecular weight is 411 g/mol. The summed E-state index contributed by atoms with van der Waals surface area (Å²) in [6.07, 6.45) is 1.92. The zero-order valence-corrected chi connectivity index (χ0v) is 17.4.